The van der Waals surface area contributed by atoms with E-state index in [1.807, 2.05) is 0 Å². The van der Waals surface area contributed by atoms with Gasteiger partial charge in [-0.2, -0.15) is 0 Å². The summed E-state index contributed by atoms with van der Waals surface area (Å²) >= 11 is 0. The molecule has 0 aliphatic carbocycles. The molecule has 19 heavy (non-hydrogen) atoms. The van der Waals surface area contributed by atoms with Crippen molar-refractivity contribution >= 4 is 15.5 Å². The van der Waals surface area contributed by atoms with Crippen molar-refractivity contribution < 1.29 is 9.90 Å². The van der Waals surface area contributed by atoms with E-state index in [0.717, 1.165) is 22.4 Å². The first-order valence-corrected chi connectivity index (χ1v) is 9.84. The van der Waals surface area contributed by atoms with Crippen molar-refractivity contribution in [3.8, 4) is 0 Å². The molecule has 0 atom stereocenters. The molecule has 0 unspecified atom stereocenters. The number of carbonyl (C=O) groups is 1. The standard InChI is InChI=1S/C16H32O2Si/c1-19-15-13-11-9-7-5-3-2-4-6-8-10-12-14-16(17)18/h2-15H2,1H3,(H,17,18). The van der Waals surface area contributed by atoms with E-state index >= 15 is 0 Å². The summed E-state index contributed by atoms with van der Waals surface area (Å²) in [5.74, 6) is -0.653. The fourth-order valence-corrected chi connectivity index (χ4v) is 2.95. The molecule has 1 N–H and O–H groups in total. The van der Waals surface area contributed by atoms with Gasteiger partial charge in [0, 0.05) is 15.9 Å². The van der Waals surface area contributed by atoms with Gasteiger partial charge in [0.2, 0.25) is 0 Å². The predicted molar refractivity (Wildman–Crippen MR) is 84.1 cm³/mol. The van der Waals surface area contributed by atoms with E-state index in [2.05, 4.69) is 6.55 Å². The molecule has 0 aromatic carbocycles. The fourth-order valence-electron chi connectivity index (χ4n) is 2.35. The first-order chi connectivity index (χ1) is 9.27. The number of hydrogen-bond donors (Lipinski definition) is 1. The van der Waals surface area contributed by atoms with E-state index in [1.165, 1.54) is 70.3 Å². The Morgan fingerprint density at radius 2 is 1.11 bits per heavy atom. The van der Waals surface area contributed by atoms with Crippen LogP contribution in [-0.4, -0.2) is 20.6 Å². The van der Waals surface area contributed by atoms with E-state index in [1.54, 1.807) is 0 Å². The summed E-state index contributed by atoms with van der Waals surface area (Å²) in [6, 6.07) is 1.43. The molecule has 0 fully saturated rings. The van der Waals surface area contributed by atoms with Gasteiger partial charge in [-0.3, -0.25) is 4.79 Å². The molecule has 0 aromatic heterocycles. The summed E-state index contributed by atoms with van der Waals surface area (Å²) in [6.45, 7) is 2.29. The quantitative estimate of drug-likeness (QED) is 0.327. The van der Waals surface area contributed by atoms with E-state index in [4.69, 9.17) is 5.11 Å². The molecule has 0 saturated carbocycles. The molecule has 3 heteroatoms. The van der Waals surface area contributed by atoms with Gasteiger partial charge >= 0.3 is 5.97 Å². The molecule has 112 valence electrons. The Morgan fingerprint density at radius 1 is 0.737 bits per heavy atom. The van der Waals surface area contributed by atoms with Gasteiger partial charge in [-0.05, 0) is 6.42 Å². The molecule has 2 nitrogen and oxygen atoms in total. The van der Waals surface area contributed by atoms with Crippen molar-refractivity contribution in [1.82, 2.24) is 0 Å². The van der Waals surface area contributed by atoms with Crippen molar-refractivity contribution in [2.24, 2.45) is 0 Å². The zero-order valence-corrected chi connectivity index (χ0v) is 13.8. The molecule has 0 saturated heterocycles. The van der Waals surface area contributed by atoms with Crippen molar-refractivity contribution in [2.45, 2.75) is 96.1 Å². The minimum Gasteiger partial charge on any atom is -0.481 e. The van der Waals surface area contributed by atoms with Gasteiger partial charge in [0.1, 0.15) is 0 Å². The first-order valence-electron chi connectivity index (χ1n) is 8.13. The second kappa shape index (κ2) is 15.7. The highest BCUT2D eigenvalue weighted by molar-refractivity contribution is 6.33. The molecule has 0 rings (SSSR count). The molecule has 0 heterocycles. The molecule has 0 aromatic rings. The third kappa shape index (κ3) is 17.7. The smallest absolute Gasteiger partial charge is 0.303 e. The van der Waals surface area contributed by atoms with Crippen LogP contribution in [0.2, 0.25) is 12.6 Å². The van der Waals surface area contributed by atoms with Gasteiger partial charge in [-0.25, -0.2) is 0 Å². The minimum atomic E-state index is -0.653. The zero-order valence-electron chi connectivity index (χ0n) is 12.8. The lowest BCUT2D eigenvalue weighted by molar-refractivity contribution is -0.137. The van der Waals surface area contributed by atoms with Crippen LogP contribution in [0.25, 0.3) is 0 Å². The third-order valence-electron chi connectivity index (χ3n) is 3.57. The number of hydrogen-bond acceptors (Lipinski definition) is 1. The van der Waals surface area contributed by atoms with Crippen LogP contribution >= 0.6 is 0 Å². The number of carboxylic acids is 1. The van der Waals surface area contributed by atoms with Gasteiger partial charge in [0.15, 0.2) is 0 Å². The van der Waals surface area contributed by atoms with Gasteiger partial charge < -0.3 is 5.11 Å². The number of rotatable bonds is 15. The molecule has 0 amide bonds. The molecular formula is C16H32O2Si. The molecule has 0 spiro atoms. The van der Waals surface area contributed by atoms with Crippen LogP contribution in [0.15, 0.2) is 0 Å². The summed E-state index contributed by atoms with van der Waals surface area (Å²) in [4.78, 5) is 10.3. The van der Waals surface area contributed by atoms with E-state index in [-0.39, 0.29) is 0 Å². The van der Waals surface area contributed by atoms with E-state index in [0.29, 0.717) is 6.42 Å². The van der Waals surface area contributed by atoms with Crippen LogP contribution in [0.4, 0.5) is 0 Å². The van der Waals surface area contributed by atoms with Crippen LogP contribution in [-0.2, 0) is 4.79 Å². The highest BCUT2D eigenvalue weighted by atomic mass is 28.2. The maximum absolute atomic E-state index is 10.3. The fraction of sp³-hybridized carbons (Fsp3) is 0.938. The lowest BCUT2D eigenvalue weighted by atomic mass is 10.0. The van der Waals surface area contributed by atoms with Crippen LogP contribution in [0.5, 0.6) is 0 Å². The maximum atomic E-state index is 10.3. The van der Waals surface area contributed by atoms with Gasteiger partial charge in [-0.15, -0.1) is 0 Å². The molecule has 0 aliphatic rings. The average molecular weight is 285 g/mol. The Kier molecular flexibility index (Phi) is 15.5. The Labute approximate surface area is 122 Å². The maximum Gasteiger partial charge on any atom is 0.303 e. The summed E-state index contributed by atoms with van der Waals surface area (Å²) in [5, 5.41) is 8.51. The largest absolute Gasteiger partial charge is 0.481 e. The molecule has 0 bridgehead atoms. The summed E-state index contributed by atoms with van der Waals surface area (Å²) in [6.07, 6.45) is 16.0. The predicted octanol–water partition coefficient (Wildman–Crippen LogP) is 5.31. The Balaban J connectivity index is 2.93. The van der Waals surface area contributed by atoms with Crippen LogP contribution in [0.3, 0.4) is 0 Å². The van der Waals surface area contributed by atoms with Crippen molar-refractivity contribution in [3.05, 3.63) is 0 Å². The van der Waals surface area contributed by atoms with Gasteiger partial charge in [0.05, 0.1) is 0 Å². The summed E-state index contributed by atoms with van der Waals surface area (Å²) < 4.78 is 0. The van der Waals surface area contributed by atoms with E-state index < -0.39 is 5.97 Å². The number of unbranched alkanes of at least 4 members (excludes halogenated alkanes) is 11. The lowest BCUT2D eigenvalue weighted by Gasteiger charge is -2.02. The highest BCUT2D eigenvalue weighted by Crippen LogP contribution is 2.12. The first kappa shape index (κ1) is 18.7. The van der Waals surface area contributed by atoms with E-state index in [9.17, 15) is 4.79 Å². The monoisotopic (exact) mass is 284 g/mol. The minimum absolute atomic E-state index is 0.346. The summed E-state index contributed by atoms with van der Waals surface area (Å²) in [5.41, 5.74) is 0. The third-order valence-corrected chi connectivity index (χ3v) is 4.42. The van der Waals surface area contributed by atoms with Crippen molar-refractivity contribution in [1.29, 1.82) is 0 Å². The second-order valence-electron chi connectivity index (χ2n) is 5.49. The highest BCUT2D eigenvalue weighted by Gasteiger charge is 1.96. The Morgan fingerprint density at radius 3 is 1.47 bits per heavy atom. The normalized spacial score (nSPS) is 10.8. The molecule has 2 radical (unpaired) electrons. The number of aliphatic carboxylic acids is 1. The SMILES string of the molecule is C[Si]CCCCCCCCCCCCCCC(=O)O. The lowest BCUT2D eigenvalue weighted by Crippen LogP contribution is -1.93. The van der Waals surface area contributed by atoms with Crippen molar-refractivity contribution in [3.63, 3.8) is 0 Å². The van der Waals surface area contributed by atoms with Crippen LogP contribution < -0.4 is 0 Å². The Bertz CT molecular complexity index is 195. The van der Waals surface area contributed by atoms with Crippen LogP contribution in [0.1, 0.15) is 83.5 Å². The van der Waals surface area contributed by atoms with Gasteiger partial charge in [0.25, 0.3) is 0 Å². The second-order valence-corrected chi connectivity index (χ2v) is 6.70. The molecular weight excluding hydrogens is 252 g/mol. The number of carboxylic acid groups (broad SMARTS) is 1. The molecule has 0 aliphatic heterocycles. The average Bonchev–Trinajstić information content (AvgIpc) is 2.39. The zero-order chi connectivity index (χ0) is 14.2. The topological polar surface area (TPSA) is 37.3 Å². The van der Waals surface area contributed by atoms with Crippen molar-refractivity contribution in [2.75, 3.05) is 0 Å². The van der Waals surface area contributed by atoms with Gasteiger partial charge in [-0.1, -0.05) is 83.2 Å². The summed E-state index contributed by atoms with van der Waals surface area (Å²) in [7, 11) is 1.14. The Hall–Kier alpha value is -0.313. The van der Waals surface area contributed by atoms with Crippen LogP contribution in [0, 0.1) is 0 Å².